The van der Waals surface area contributed by atoms with Crippen molar-refractivity contribution in [1.29, 1.82) is 0 Å². The van der Waals surface area contributed by atoms with E-state index in [2.05, 4.69) is 15.0 Å². The summed E-state index contributed by atoms with van der Waals surface area (Å²) < 4.78 is 34.7. The maximum Gasteiger partial charge on any atom is 0.418 e. The lowest BCUT2D eigenvalue weighted by molar-refractivity contribution is -0.130. The highest BCUT2D eigenvalue weighted by atomic mass is 32.3. The van der Waals surface area contributed by atoms with Gasteiger partial charge in [-0.25, -0.2) is 14.6 Å². The van der Waals surface area contributed by atoms with Crippen LogP contribution in [0.25, 0.3) is 0 Å². The van der Waals surface area contributed by atoms with Crippen molar-refractivity contribution in [2.45, 2.75) is 31.3 Å². The van der Waals surface area contributed by atoms with Crippen LogP contribution in [0.1, 0.15) is 19.3 Å². The van der Waals surface area contributed by atoms with Crippen molar-refractivity contribution >= 4 is 28.4 Å². The van der Waals surface area contributed by atoms with Crippen molar-refractivity contribution in [2.75, 3.05) is 19.6 Å². The molecule has 0 aliphatic carbocycles. The van der Waals surface area contributed by atoms with Gasteiger partial charge in [0.1, 0.15) is 6.04 Å². The maximum absolute atomic E-state index is 12.4. The van der Waals surface area contributed by atoms with Crippen molar-refractivity contribution in [1.82, 2.24) is 25.7 Å². The Labute approximate surface area is 137 Å². The Kier molecular flexibility index (Phi) is 4.23. The zero-order valence-electron chi connectivity index (χ0n) is 12.5. The van der Waals surface area contributed by atoms with E-state index >= 15 is 0 Å². The molecule has 3 fully saturated rings. The Morgan fingerprint density at radius 2 is 2.08 bits per heavy atom. The molecule has 3 rings (SSSR count). The van der Waals surface area contributed by atoms with E-state index in [1.165, 1.54) is 0 Å². The van der Waals surface area contributed by atoms with Gasteiger partial charge in [-0.2, -0.15) is 13.5 Å². The summed E-state index contributed by atoms with van der Waals surface area (Å²) in [5.41, 5.74) is 2.47. The Morgan fingerprint density at radius 3 is 2.75 bits per heavy atom. The molecule has 0 aromatic heterocycles. The van der Waals surface area contributed by atoms with Gasteiger partial charge in [-0.15, -0.1) is 4.28 Å². The molecule has 5 amide bonds. The number of hydrogen-bond acceptors (Lipinski definition) is 6. The second kappa shape index (κ2) is 6.07. The number of urea groups is 2. The minimum absolute atomic E-state index is 0.0959. The molecule has 3 aliphatic heterocycles. The highest BCUT2D eigenvalue weighted by Crippen LogP contribution is 2.30. The lowest BCUT2D eigenvalue weighted by Gasteiger charge is -2.33. The number of nitrogens with zero attached hydrogens (tertiary/aromatic N) is 3. The number of carbonyl (C=O) groups excluding carboxylic acids is 3. The predicted octanol–water partition coefficient (Wildman–Crippen LogP) is -1.56. The summed E-state index contributed by atoms with van der Waals surface area (Å²) in [6.45, 7) is 0.986. The van der Waals surface area contributed by atoms with Crippen LogP contribution in [0.5, 0.6) is 0 Å². The number of amides is 5. The molecule has 0 unspecified atom stereocenters. The molecule has 24 heavy (non-hydrogen) atoms. The molecule has 134 valence electrons. The van der Waals surface area contributed by atoms with Crippen LogP contribution in [0.3, 0.4) is 0 Å². The monoisotopic (exact) mass is 363 g/mol. The van der Waals surface area contributed by atoms with Crippen molar-refractivity contribution < 1.29 is 31.6 Å². The van der Waals surface area contributed by atoms with Crippen LogP contribution in [-0.4, -0.2) is 77.6 Å². The summed E-state index contributed by atoms with van der Waals surface area (Å²) >= 11 is 0. The minimum atomic E-state index is -4.83. The summed E-state index contributed by atoms with van der Waals surface area (Å²) in [6, 6.07) is -2.66. The van der Waals surface area contributed by atoms with Crippen LogP contribution in [0.15, 0.2) is 0 Å². The number of nitrogens with one attached hydrogen (secondary N) is 2. The van der Waals surface area contributed by atoms with E-state index < -0.39 is 40.5 Å². The van der Waals surface area contributed by atoms with Gasteiger partial charge in [0.25, 0.3) is 5.91 Å². The molecule has 3 saturated heterocycles. The fourth-order valence-electron chi connectivity index (χ4n) is 3.05. The van der Waals surface area contributed by atoms with Crippen molar-refractivity contribution in [3.05, 3.63) is 0 Å². The van der Waals surface area contributed by atoms with Gasteiger partial charge in [0.05, 0.1) is 6.04 Å². The number of rotatable bonds is 4. The van der Waals surface area contributed by atoms with Gasteiger partial charge < -0.3 is 10.2 Å². The molecule has 2 atom stereocenters. The van der Waals surface area contributed by atoms with Gasteiger partial charge in [-0.05, 0) is 19.3 Å². The number of piperidine rings is 1. The number of hydroxylamine groups is 2. The van der Waals surface area contributed by atoms with Gasteiger partial charge in [-0.3, -0.25) is 14.8 Å². The molecule has 3 N–H and O–H groups in total. The van der Waals surface area contributed by atoms with Crippen LogP contribution >= 0.6 is 0 Å². The van der Waals surface area contributed by atoms with Crippen LogP contribution < -0.4 is 10.7 Å². The second-order valence-corrected chi connectivity index (χ2v) is 6.73. The summed E-state index contributed by atoms with van der Waals surface area (Å²) in [7, 11) is -4.83. The highest BCUT2D eigenvalue weighted by molar-refractivity contribution is 7.80. The van der Waals surface area contributed by atoms with Crippen LogP contribution in [0.4, 0.5) is 9.59 Å². The first-order valence-electron chi connectivity index (χ1n) is 7.39. The lowest BCUT2D eigenvalue weighted by Crippen LogP contribution is -2.59. The highest BCUT2D eigenvalue weighted by Gasteiger charge is 2.49. The zero-order valence-corrected chi connectivity index (χ0v) is 13.4. The van der Waals surface area contributed by atoms with E-state index in [0.29, 0.717) is 31.0 Å². The Hall–Kier alpha value is -2.12. The van der Waals surface area contributed by atoms with Crippen LogP contribution in [0, 0.1) is 0 Å². The maximum atomic E-state index is 12.4. The molecule has 0 aromatic carbocycles. The van der Waals surface area contributed by atoms with Gasteiger partial charge in [-0.1, -0.05) is 0 Å². The van der Waals surface area contributed by atoms with E-state index in [4.69, 9.17) is 4.55 Å². The van der Waals surface area contributed by atoms with Gasteiger partial charge in [0.2, 0.25) is 0 Å². The number of hydrogen-bond donors (Lipinski definition) is 3. The minimum Gasteiger partial charge on any atom is -0.336 e. The SMILES string of the molecule is O=C(NN1CCCNC1=O)[C@H]1CC[C@H]2CN1C(=O)N2OS(=O)(=O)O. The van der Waals surface area contributed by atoms with Crippen LogP contribution in [-0.2, 0) is 19.5 Å². The molecule has 13 heteroatoms. The third-order valence-electron chi connectivity index (χ3n) is 4.13. The first-order chi connectivity index (χ1) is 11.3. The van der Waals surface area contributed by atoms with Gasteiger partial charge in [0.15, 0.2) is 0 Å². The standard InChI is InChI=1S/C11H17N5O7S/c17-9(13-15-5-1-4-12-10(15)18)8-3-2-7-6-14(8)11(19)16(7)23-24(20,21)22/h7-8H,1-6H2,(H,12,18)(H,13,17)(H,20,21,22)/t7-,8+/m0/s1. The normalized spacial score (nSPS) is 27.3. The first-order valence-corrected chi connectivity index (χ1v) is 8.75. The Bertz CT molecular complexity index is 668. The predicted molar refractivity (Wildman–Crippen MR) is 76.2 cm³/mol. The molecule has 2 bridgehead atoms. The average Bonchev–Trinajstić information content (AvgIpc) is 2.73. The molecular formula is C11H17N5O7S. The van der Waals surface area contributed by atoms with Crippen molar-refractivity contribution in [3.8, 4) is 0 Å². The van der Waals surface area contributed by atoms with Gasteiger partial charge >= 0.3 is 22.5 Å². The molecule has 0 radical (unpaired) electrons. The molecule has 3 heterocycles. The van der Waals surface area contributed by atoms with Gasteiger partial charge in [0, 0.05) is 19.6 Å². The fraction of sp³-hybridized carbons (Fsp3) is 0.727. The molecule has 3 aliphatic rings. The number of hydrazine groups is 1. The van der Waals surface area contributed by atoms with E-state index in [1.54, 1.807) is 0 Å². The van der Waals surface area contributed by atoms with Crippen molar-refractivity contribution in [3.63, 3.8) is 0 Å². The van der Waals surface area contributed by atoms with E-state index in [1.807, 2.05) is 0 Å². The summed E-state index contributed by atoms with van der Waals surface area (Å²) in [4.78, 5) is 37.4. The average molecular weight is 363 g/mol. The first kappa shape index (κ1) is 16.7. The van der Waals surface area contributed by atoms with Crippen molar-refractivity contribution in [2.24, 2.45) is 0 Å². The summed E-state index contributed by atoms with van der Waals surface area (Å²) in [6.07, 6.45) is 1.28. The topological polar surface area (TPSA) is 149 Å². The molecule has 12 nitrogen and oxygen atoms in total. The number of carbonyl (C=O) groups is 3. The largest absolute Gasteiger partial charge is 0.418 e. The molecule has 0 saturated carbocycles. The van der Waals surface area contributed by atoms with E-state index in [0.717, 1.165) is 9.91 Å². The van der Waals surface area contributed by atoms with E-state index in [9.17, 15) is 22.8 Å². The lowest BCUT2D eigenvalue weighted by atomic mass is 10.0. The molecule has 0 aromatic rings. The third-order valence-corrected chi connectivity index (χ3v) is 4.47. The second-order valence-electron chi connectivity index (χ2n) is 5.72. The Balaban J connectivity index is 1.67. The molecular weight excluding hydrogens is 346 g/mol. The zero-order chi connectivity index (χ0) is 17.5. The van der Waals surface area contributed by atoms with Crippen LogP contribution in [0.2, 0.25) is 0 Å². The fourth-order valence-corrected chi connectivity index (χ4v) is 3.44. The third kappa shape index (κ3) is 3.22. The van der Waals surface area contributed by atoms with E-state index in [-0.39, 0.29) is 13.0 Å². The summed E-state index contributed by atoms with van der Waals surface area (Å²) in [5, 5.41) is 4.29. The summed E-state index contributed by atoms with van der Waals surface area (Å²) in [5.74, 6) is -0.535. The number of fused-ring (bicyclic) bond motifs is 2. The smallest absolute Gasteiger partial charge is 0.336 e. The Morgan fingerprint density at radius 1 is 1.33 bits per heavy atom. The quantitative estimate of drug-likeness (QED) is 0.511. The molecule has 0 spiro atoms.